The van der Waals surface area contributed by atoms with Crippen LogP contribution in [0.3, 0.4) is 0 Å². The van der Waals surface area contributed by atoms with E-state index in [4.69, 9.17) is 4.42 Å². The lowest BCUT2D eigenvalue weighted by Gasteiger charge is -1.96. The zero-order chi connectivity index (χ0) is 10.3. The number of benzene rings is 1. The number of halogens is 1. The molecule has 2 aromatic rings. The number of hydrogen-bond acceptors (Lipinski definition) is 2. The van der Waals surface area contributed by atoms with Gasteiger partial charge < -0.3 is 9.73 Å². The van der Waals surface area contributed by atoms with E-state index < -0.39 is 0 Å². The zero-order valence-corrected chi connectivity index (χ0v) is 8.29. The van der Waals surface area contributed by atoms with Crippen LogP contribution in [0, 0.1) is 5.82 Å². The number of rotatable bonds is 3. The summed E-state index contributed by atoms with van der Waals surface area (Å²) >= 11 is 0. The van der Waals surface area contributed by atoms with Crippen molar-refractivity contribution in [3.8, 4) is 0 Å². The van der Waals surface area contributed by atoms with Gasteiger partial charge in [0.1, 0.15) is 17.2 Å². The van der Waals surface area contributed by atoms with Crippen LogP contribution in [0.25, 0.3) is 11.0 Å². The van der Waals surface area contributed by atoms with Crippen molar-refractivity contribution >= 4 is 11.0 Å². The van der Waals surface area contributed by atoms with Gasteiger partial charge in [-0.25, -0.2) is 4.39 Å². The average molecular weight is 205 g/mol. The molecule has 2 nitrogen and oxygen atoms in total. The summed E-state index contributed by atoms with van der Waals surface area (Å²) in [5.74, 6) is 0.626. The average Bonchev–Trinajstić information content (AvgIpc) is 2.95. The van der Waals surface area contributed by atoms with Gasteiger partial charge in [-0.05, 0) is 31.0 Å². The first-order valence-electron chi connectivity index (χ1n) is 5.22. The first kappa shape index (κ1) is 8.92. The topological polar surface area (TPSA) is 25.2 Å². The molecule has 0 atom stereocenters. The quantitative estimate of drug-likeness (QED) is 0.833. The third kappa shape index (κ3) is 1.88. The Morgan fingerprint density at radius 1 is 1.33 bits per heavy atom. The van der Waals surface area contributed by atoms with Gasteiger partial charge in [0, 0.05) is 17.5 Å². The molecule has 0 saturated heterocycles. The van der Waals surface area contributed by atoms with Gasteiger partial charge in [0.05, 0.1) is 6.54 Å². The monoisotopic (exact) mass is 205 g/mol. The molecule has 1 saturated carbocycles. The van der Waals surface area contributed by atoms with Crippen molar-refractivity contribution in [3.05, 3.63) is 35.8 Å². The maximum atomic E-state index is 12.9. The van der Waals surface area contributed by atoms with Crippen LogP contribution in [-0.4, -0.2) is 6.04 Å². The van der Waals surface area contributed by atoms with Gasteiger partial charge in [0.25, 0.3) is 0 Å². The van der Waals surface area contributed by atoms with E-state index in [0.29, 0.717) is 11.6 Å². The Morgan fingerprint density at radius 2 is 2.20 bits per heavy atom. The second-order valence-corrected chi connectivity index (χ2v) is 4.05. The Labute approximate surface area is 87.1 Å². The molecule has 1 aliphatic carbocycles. The van der Waals surface area contributed by atoms with E-state index in [1.165, 1.54) is 25.0 Å². The van der Waals surface area contributed by atoms with Crippen LogP contribution in [0.5, 0.6) is 0 Å². The Kier molecular flexibility index (Phi) is 1.99. The molecule has 1 heterocycles. The highest BCUT2D eigenvalue weighted by Crippen LogP contribution is 2.22. The van der Waals surface area contributed by atoms with Crippen molar-refractivity contribution < 1.29 is 8.81 Å². The molecule has 0 spiro atoms. The first-order chi connectivity index (χ1) is 7.31. The highest BCUT2D eigenvalue weighted by Gasteiger charge is 2.20. The molecule has 78 valence electrons. The fourth-order valence-electron chi connectivity index (χ4n) is 1.68. The standard InChI is InChI=1S/C12H12FNO/c13-9-2-1-8-5-11(15-12(8)6-9)7-14-10-3-4-10/h1-2,5-6,10,14H,3-4,7H2. The highest BCUT2D eigenvalue weighted by atomic mass is 19.1. The van der Waals surface area contributed by atoms with E-state index in [-0.39, 0.29) is 5.82 Å². The summed E-state index contributed by atoms with van der Waals surface area (Å²) in [5, 5.41) is 4.32. The molecule has 0 radical (unpaired) electrons. The molecule has 3 rings (SSSR count). The molecule has 1 N–H and O–H groups in total. The largest absolute Gasteiger partial charge is 0.460 e. The molecular weight excluding hydrogens is 193 g/mol. The van der Waals surface area contributed by atoms with Gasteiger partial charge in [0.15, 0.2) is 0 Å². The maximum absolute atomic E-state index is 12.9. The smallest absolute Gasteiger partial charge is 0.137 e. The van der Waals surface area contributed by atoms with Crippen LogP contribution in [0.1, 0.15) is 18.6 Å². The molecule has 1 aromatic heterocycles. The highest BCUT2D eigenvalue weighted by molar-refractivity contribution is 5.77. The minimum absolute atomic E-state index is 0.251. The van der Waals surface area contributed by atoms with Gasteiger partial charge in [-0.1, -0.05) is 0 Å². The van der Waals surface area contributed by atoms with E-state index >= 15 is 0 Å². The van der Waals surface area contributed by atoms with Crippen molar-refractivity contribution in [2.45, 2.75) is 25.4 Å². The molecule has 1 aromatic carbocycles. The second-order valence-electron chi connectivity index (χ2n) is 4.05. The predicted octanol–water partition coefficient (Wildman–Crippen LogP) is 2.82. The van der Waals surface area contributed by atoms with Crippen molar-refractivity contribution in [2.24, 2.45) is 0 Å². The summed E-state index contributed by atoms with van der Waals surface area (Å²) in [7, 11) is 0. The number of hydrogen-bond donors (Lipinski definition) is 1. The lowest BCUT2D eigenvalue weighted by Crippen LogP contribution is -2.14. The Balaban J connectivity index is 1.84. The van der Waals surface area contributed by atoms with Crippen molar-refractivity contribution in [1.29, 1.82) is 0 Å². The third-order valence-electron chi connectivity index (χ3n) is 2.68. The molecule has 0 unspecified atom stereocenters. The number of nitrogens with one attached hydrogen (secondary N) is 1. The normalized spacial score (nSPS) is 16.1. The van der Waals surface area contributed by atoms with Crippen LogP contribution in [-0.2, 0) is 6.54 Å². The summed E-state index contributed by atoms with van der Waals surface area (Å²) in [4.78, 5) is 0. The van der Waals surface area contributed by atoms with Gasteiger partial charge in [-0.2, -0.15) is 0 Å². The number of fused-ring (bicyclic) bond motifs is 1. The van der Waals surface area contributed by atoms with E-state index in [1.54, 1.807) is 6.07 Å². The summed E-state index contributed by atoms with van der Waals surface area (Å²) < 4.78 is 18.4. The third-order valence-corrected chi connectivity index (χ3v) is 2.68. The van der Waals surface area contributed by atoms with E-state index in [0.717, 1.165) is 17.7 Å². The minimum atomic E-state index is -0.251. The van der Waals surface area contributed by atoms with E-state index in [9.17, 15) is 4.39 Å². The Bertz CT molecular complexity index is 487. The second kappa shape index (κ2) is 3.35. The number of furan rings is 1. The molecule has 15 heavy (non-hydrogen) atoms. The Morgan fingerprint density at radius 3 is 3.00 bits per heavy atom. The van der Waals surface area contributed by atoms with Crippen molar-refractivity contribution in [3.63, 3.8) is 0 Å². The van der Waals surface area contributed by atoms with E-state index in [2.05, 4.69) is 5.32 Å². The summed E-state index contributed by atoms with van der Waals surface area (Å²) in [5.41, 5.74) is 0.627. The molecule has 0 aliphatic heterocycles. The molecule has 3 heteroatoms. The molecular formula is C12H12FNO. The molecule has 0 bridgehead atoms. The van der Waals surface area contributed by atoms with Crippen LogP contribution in [0.4, 0.5) is 4.39 Å². The lowest BCUT2D eigenvalue weighted by atomic mass is 10.2. The Hall–Kier alpha value is -1.35. The van der Waals surface area contributed by atoms with Gasteiger partial charge in [-0.15, -0.1) is 0 Å². The molecule has 0 amide bonds. The summed E-state index contributed by atoms with van der Waals surface area (Å²) in [6, 6.07) is 7.25. The summed E-state index contributed by atoms with van der Waals surface area (Å²) in [6.07, 6.45) is 2.52. The van der Waals surface area contributed by atoms with Crippen LogP contribution >= 0.6 is 0 Å². The van der Waals surface area contributed by atoms with Gasteiger partial charge >= 0.3 is 0 Å². The van der Waals surface area contributed by atoms with Crippen LogP contribution in [0.15, 0.2) is 28.7 Å². The lowest BCUT2D eigenvalue weighted by molar-refractivity contribution is 0.510. The fourth-order valence-corrected chi connectivity index (χ4v) is 1.68. The maximum Gasteiger partial charge on any atom is 0.137 e. The van der Waals surface area contributed by atoms with Gasteiger partial charge in [0.2, 0.25) is 0 Å². The van der Waals surface area contributed by atoms with Crippen molar-refractivity contribution in [1.82, 2.24) is 5.32 Å². The van der Waals surface area contributed by atoms with Crippen LogP contribution < -0.4 is 5.32 Å². The SMILES string of the molecule is Fc1ccc2cc(CNC3CC3)oc2c1. The predicted molar refractivity (Wildman–Crippen MR) is 56.0 cm³/mol. The van der Waals surface area contributed by atoms with Crippen molar-refractivity contribution in [2.75, 3.05) is 0 Å². The minimum Gasteiger partial charge on any atom is -0.460 e. The van der Waals surface area contributed by atoms with Gasteiger partial charge in [-0.3, -0.25) is 0 Å². The fraction of sp³-hybridized carbons (Fsp3) is 0.333. The van der Waals surface area contributed by atoms with Crippen LogP contribution in [0.2, 0.25) is 0 Å². The van der Waals surface area contributed by atoms with E-state index in [1.807, 2.05) is 6.07 Å². The first-order valence-corrected chi connectivity index (χ1v) is 5.22. The zero-order valence-electron chi connectivity index (χ0n) is 8.29. The molecule has 1 fully saturated rings. The molecule has 1 aliphatic rings. The summed E-state index contributed by atoms with van der Waals surface area (Å²) in [6.45, 7) is 0.737.